The predicted octanol–water partition coefficient (Wildman–Crippen LogP) is 5.44. The van der Waals surface area contributed by atoms with Crippen molar-refractivity contribution in [1.82, 2.24) is 0 Å². The molecular weight excluding hydrogens is 400 g/mol. The van der Waals surface area contributed by atoms with Crippen molar-refractivity contribution in [2.24, 2.45) is 0 Å². The van der Waals surface area contributed by atoms with Crippen molar-refractivity contribution in [1.29, 1.82) is 0 Å². The first-order valence-electron chi connectivity index (χ1n) is 9.68. The maximum Gasteiger partial charge on any atom is 0.265 e. The highest BCUT2D eigenvalue weighted by molar-refractivity contribution is 7.12. The number of nitrogens with one attached hydrogen (secondary N) is 2. The molecule has 7 heteroatoms. The first kappa shape index (κ1) is 21.4. The smallest absolute Gasteiger partial charge is 0.265 e. The monoisotopic (exact) mass is 424 g/mol. The topological polar surface area (TPSA) is 76.7 Å². The number of thiophene rings is 1. The number of carbonyl (C=O) groups is 2. The minimum Gasteiger partial charge on any atom is -0.494 e. The molecule has 3 aromatic rings. The highest BCUT2D eigenvalue weighted by Gasteiger charge is 2.13. The molecule has 0 saturated carbocycles. The Kier molecular flexibility index (Phi) is 7.45. The van der Waals surface area contributed by atoms with Crippen LogP contribution in [0.3, 0.4) is 0 Å². The predicted molar refractivity (Wildman–Crippen MR) is 120 cm³/mol. The van der Waals surface area contributed by atoms with E-state index < -0.39 is 0 Å². The molecule has 0 aliphatic carbocycles. The lowest BCUT2D eigenvalue weighted by Gasteiger charge is -2.12. The molecule has 0 aliphatic heterocycles. The largest absolute Gasteiger partial charge is 0.494 e. The molecule has 1 aromatic heterocycles. The molecule has 0 aliphatic rings. The van der Waals surface area contributed by atoms with E-state index in [9.17, 15) is 9.59 Å². The first-order chi connectivity index (χ1) is 14.6. The van der Waals surface area contributed by atoms with Crippen LogP contribution in [0, 0.1) is 0 Å². The van der Waals surface area contributed by atoms with Gasteiger partial charge in [0.25, 0.3) is 11.8 Å². The highest BCUT2D eigenvalue weighted by Crippen LogP contribution is 2.29. The van der Waals surface area contributed by atoms with Gasteiger partial charge in [0.05, 0.1) is 24.3 Å². The Hall–Kier alpha value is -3.32. The minimum atomic E-state index is -0.243. The van der Waals surface area contributed by atoms with Crippen molar-refractivity contribution >= 4 is 34.5 Å². The van der Waals surface area contributed by atoms with Crippen LogP contribution < -0.4 is 20.1 Å². The molecule has 0 fully saturated rings. The summed E-state index contributed by atoms with van der Waals surface area (Å²) in [5, 5.41) is 7.51. The van der Waals surface area contributed by atoms with Crippen molar-refractivity contribution in [3.63, 3.8) is 0 Å². The van der Waals surface area contributed by atoms with Crippen LogP contribution in [0.4, 0.5) is 11.4 Å². The Labute approximate surface area is 179 Å². The summed E-state index contributed by atoms with van der Waals surface area (Å²) in [5.74, 6) is 0.749. The maximum absolute atomic E-state index is 12.5. The van der Waals surface area contributed by atoms with Gasteiger partial charge in [-0.05, 0) is 54.3 Å². The molecule has 1 heterocycles. The van der Waals surface area contributed by atoms with Gasteiger partial charge in [0.2, 0.25) is 0 Å². The molecule has 6 nitrogen and oxygen atoms in total. The summed E-state index contributed by atoms with van der Waals surface area (Å²) < 4.78 is 11.0. The lowest BCUT2D eigenvalue weighted by Crippen LogP contribution is -2.13. The van der Waals surface area contributed by atoms with Crippen LogP contribution >= 0.6 is 11.3 Å². The molecule has 0 saturated heterocycles. The van der Waals surface area contributed by atoms with Crippen LogP contribution in [0.15, 0.2) is 60.0 Å². The second-order valence-electron chi connectivity index (χ2n) is 6.53. The van der Waals surface area contributed by atoms with E-state index in [-0.39, 0.29) is 11.8 Å². The molecule has 2 amide bonds. The molecule has 0 bridgehead atoms. The Bertz CT molecular complexity index is 985. The number of hydrogen-bond acceptors (Lipinski definition) is 5. The van der Waals surface area contributed by atoms with E-state index in [1.165, 1.54) is 18.4 Å². The lowest BCUT2D eigenvalue weighted by molar-refractivity contribution is 0.101. The summed E-state index contributed by atoms with van der Waals surface area (Å²) in [7, 11) is 1.51. The van der Waals surface area contributed by atoms with Gasteiger partial charge in [-0.1, -0.05) is 19.4 Å². The molecule has 30 heavy (non-hydrogen) atoms. The third kappa shape index (κ3) is 5.61. The summed E-state index contributed by atoms with van der Waals surface area (Å²) in [4.78, 5) is 25.4. The Balaban J connectivity index is 1.64. The third-order valence-electron chi connectivity index (χ3n) is 4.34. The molecular formula is C23H24N2O4S. The maximum atomic E-state index is 12.5. The normalized spacial score (nSPS) is 10.3. The Morgan fingerprint density at radius 1 is 1.00 bits per heavy atom. The quantitative estimate of drug-likeness (QED) is 0.449. The van der Waals surface area contributed by atoms with Crippen LogP contribution in [-0.2, 0) is 0 Å². The van der Waals surface area contributed by atoms with Gasteiger partial charge < -0.3 is 20.1 Å². The number of rotatable bonds is 9. The van der Waals surface area contributed by atoms with Gasteiger partial charge in [0.15, 0.2) is 0 Å². The third-order valence-corrected chi connectivity index (χ3v) is 5.20. The molecule has 0 spiro atoms. The van der Waals surface area contributed by atoms with Crippen molar-refractivity contribution in [3.8, 4) is 11.5 Å². The second-order valence-corrected chi connectivity index (χ2v) is 7.47. The molecule has 156 valence electrons. The zero-order chi connectivity index (χ0) is 21.3. The number of hydrogen-bond donors (Lipinski definition) is 2. The summed E-state index contributed by atoms with van der Waals surface area (Å²) in [6, 6.07) is 15.7. The molecule has 2 N–H and O–H groups in total. The van der Waals surface area contributed by atoms with Crippen molar-refractivity contribution in [2.75, 3.05) is 24.4 Å². The van der Waals surface area contributed by atoms with Crippen LogP contribution in [0.1, 0.15) is 39.8 Å². The average molecular weight is 425 g/mol. The zero-order valence-corrected chi connectivity index (χ0v) is 17.8. The van der Waals surface area contributed by atoms with Gasteiger partial charge in [0, 0.05) is 17.3 Å². The number of carbonyl (C=O) groups excluding carboxylic acids is 2. The van der Waals surface area contributed by atoms with Gasteiger partial charge in [-0.25, -0.2) is 0 Å². The molecule has 0 unspecified atom stereocenters. The van der Waals surface area contributed by atoms with E-state index in [4.69, 9.17) is 9.47 Å². The van der Waals surface area contributed by atoms with Gasteiger partial charge in [-0.2, -0.15) is 0 Å². The summed E-state index contributed by atoms with van der Waals surface area (Å²) in [5.41, 5.74) is 1.61. The molecule has 0 atom stereocenters. The van der Waals surface area contributed by atoms with E-state index in [0.717, 1.165) is 18.6 Å². The number of methoxy groups -OCH3 is 1. The van der Waals surface area contributed by atoms with Gasteiger partial charge in [-0.3, -0.25) is 9.59 Å². The van der Waals surface area contributed by atoms with Crippen LogP contribution in [0.2, 0.25) is 0 Å². The number of ether oxygens (including phenoxy) is 2. The lowest BCUT2D eigenvalue weighted by atomic mass is 10.2. The van der Waals surface area contributed by atoms with Crippen molar-refractivity contribution in [2.45, 2.75) is 19.8 Å². The second kappa shape index (κ2) is 10.5. The van der Waals surface area contributed by atoms with E-state index in [0.29, 0.717) is 34.2 Å². The summed E-state index contributed by atoms with van der Waals surface area (Å²) in [6.07, 6.45) is 2.06. The average Bonchev–Trinajstić information content (AvgIpc) is 3.30. The van der Waals surface area contributed by atoms with Gasteiger partial charge >= 0.3 is 0 Å². The zero-order valence-electron chi connectivity index (χ0n) is 16.9. The number of anilines is 2. The fourth-order valence-corrected chi connectivity index (χ4v) is 3.32. The highest BCUT2D eigenvalue weighted by atomic mass is 32.1. The summed E-state index contributed by atoms with van der Waals surface area (Å²) in [6.45, 7) is 2.77. The number of unbranched alkanes of at least 4 members (excludes halogenated alkanes) is 1. The minimum absolute atomic E-state index is 0.207. The van der Waals surface area contributed by atoms with Crippen molar-refractivity contribution in [3.05, 3.63) is 70.4 Å². The van der Waals surface area contributed by atoms with Crippen LogP contribution in [0.5, 0.6) is 11.5 Å². The summed E-state index contributed by atoms with van der Waals surface area (Å²) >= 11 is 1.36. The van der Waals surface area contributed by atoms with E-state index in [2.05, 4.69) is 17.6 Å². The standard InChI is InChI=1S/C23H24N2O4S/c1-3-4-13-29-18-10-7-16(8-11-18)22(26)24-17-9-12-19(20(15-17)28-2)25-23(27)21-6-5-14-30-21/h5-12,14-15H,3-4,13H2,1-2H3,(H,24,26)(H,25,27). The van der Waals surface area contributed by atoms with Gasteiger partial charge in [0.1, 0.15) is 11.5 Å². The Morgan fingerprint density at radius 2 is 1.80 bits per heavy atom. The van der Waals surface area contributed by atoms with Crippen LogP contribution in [0.25, 0.3) is 0 Å². The number of benzene rings is 2. The molecule has 3 rings (SSSR count). The van der Waals surface area contributed by atoms with E-state index in [1.807, 2.05) is 11.4 Å². The fourth-order valence-electron chi connectivity index (χ4n) is 2.70. The fraction of sp³-hybridized carbons (Fsp3) is 0.217. The SMILES string of the molecule is CCCCOc1ccc(C(=O)Nc2ccc(NC(=O)c3cccs3)c(OC)c2)cc1. The van der Waals surface area contributed by atoms with Gasteiger partial charge in [-0.15, -0.1) is 11.3 Å². The van der Waals surface area contributed by atoms with E-state index in [1.54, 1.807) is 48.5 Å². The van der Waals surface area contributed by atoms with Crippen molar-refractivity contribution < 1.29 is 19.1 Å². The number of amides is 2. The molecule has 0 radical (unpaired) electrons. The molecule has 2 aromatic carbocycles. The van der Waals surface area contributed by atoms with E-state index >= 15 is 0 Å². The van der Waals surface area contributed by atoms with Crippen LogP contribution in [-0.4, -0.2) is 25.5 Å². The first-order valence-corrected chi connectivity index (χ1v) is 10.6. The Morgan fingerprint density at radius 3 is 2.47 bits per heavy atom.